The van der Waals surface area contributed by atoms with Crippen molar-refractivity contribution in [3.05, 3.63) is 51.2 Å². The van der Waals surface area contributed by atoms with Gasteiger partial charge in [-0.25, -0.2) is 4.98 Å². The largest absolute Gasteiger partial charge is 0.503 e. The Bertz CT molecular complexity index is 575. The zero-order valence-electron chi connectivity index (χ0n) is 9.53. The Labute approximate surface area is 130 Å². The summed E-state index contributed by atoms with van der Waals surface area (Å²) >= 11 is 18.9. The van der Waals surface area contributed by atoms with Gasteiger partial charge in [0.05, 0.1) is 5.69 Å². The highest BCUT2D eigenvalue weighted by molar-refractivity contribution is 7.99. The van der Waals surface area contributed by atoms with Crippen LogP contribution in [0.5, 0.6) is 5.75 Å². The van der Waals surface area contributed by atoms with Gasteiger partial charge in [-0.1, -0.05) is 34.8 Å². The topological polar surface area (TPSA) is 45.1 Å². The molecule has 2 aromatic rings. The Morgan fingerprint density at radius 3 is 2.53 bits per heavy atom. The highest BCUT2D eigenvalue weighted by Gasteiger charge is 2.06. The van der Waals surface area contributed by atoms with Crippen molar-refractivity contribution < 1.29 is 5.11 Å². The first kappa shape index (κ1) is 14.6. The number of hydrogen-bond donors (Lipinski definition) is 2. The van der Waals surface area contributed by atoms with Crippen LogP contribution in [0.25, 0.3) is 0 Å². The number of nitrogens with zero attached hydrogens (tertiary/aromatic N) is 1. The quantitative estimate of drug-likeness (QED) is 0.609. The van der Waals surface area contributed by atoms with Crippen LogP contribution in [0.4, 0.5) is 5.69 Å². The monoisotopic (exact) mass is 334 g/mol. The smallest absolute Gasteiger partial charge is 0.177 e. The summed E-state index contributed by atoms with van der Waals surface area (Å²) in [6, 6.07) is 6.99. The van der Waals surface area contributed by atoms with Crippen LogP contribution in [0.1, 0.15) is 5.56 Å². The second kappa shape index (κ2) is 6.57. The standard InChI is InChI=1S/C12H9Cl3N2OS/c13-8-3-7(4-9(14)5-8)6-19-17-10-1-2-16-12(15)11(10)18/h1-5,18H,6H2,(H,16,17). The molecule has 0 bridgehead atoms. The number of pyridine rings is 1. The zero-order chi connectivity index (χ0) is 13.8. The van der Waals surface area contributed by atoms with Gasteiger partial charge in [0.25, 0.3) is 0 Å². The molecule has 1 heterocycles. The highest BCUT2D eigenvalue weighted by atomic mass is 35.5. The van der Waals surface area contributed by atoms with E-state index in [-0.39, 0.29) is 10.9 Å². The van der Waals surface area contributed by atoms with Crippen LogP contribution >= 0.6 is 46.8 Å². The summed E-state index contributed by atoms with van der Waals surface area (Å²) in [5.74, 6) is 0.570. The number of aromatic nitrogens is 1. The van der Waals surface area contributed by atoms with Gasteiger partial charge in [0.15, 0.2) is 10.9 Å². The van der Waals surface area contributed by atoms with Crippen molar-refractivity contribution in [3.8, 4) is 5.75 Å². The lowest BCUT2D eigenvalue weighted by Crippen LogP contribution is -1.91. The van der Waals surface area contributed by atoms with Gasteiger partial charge in [0, 0.05) is 22.0 Å². The molecular formula is C12H9Cl3N2OS. The lowest BCUT2D eigenvalue weighted by Gasteiger charge is -2.08. The van der Waals surface area contributed by atoms with E-state index < -0.39 is 0 Å². The summed E-state index contributed by atoms with van der Waals surface area (Å²) in [5.41, 5.74) is 1.49. The molecule has 100 valence electrons. The number of aromatic hydroxyl groups is 1. The number of benzene rings is 1. The van der Waals surface area contributed by atoms with Crippen LogP contribution in [0.3, 0.4) is 0 Å². The molecule has 0 aliphatic heterocycles. The minimum absolute atomic E-state index is 0.0661. The second-order valence-electron chi connectivity index (χ2n) is 3.67. The van der Waals surface area contributed by atoms with E-state index in [0.29, 0.717) is 21.5 Å². The SMILES string of the molecule is Oc1c(NSCc2cc(Cl)cc(Cl)c2)ccnc1Cl. The van der Waals surface area contributed by atoms with Crippen molar-refractivity contribution in [1.82, 2.24) is 4.98 Å². The number of anilines is 1. The Kier molecular flexibility index (Phi) is 5.05. The number of halogens is 3. The maximum atomic E-state index is 9.67. The van der Waals surface area contributed by atoms with Crippen LogP contribution in [-0.4, -0.2) is 10.1 Å². The van der Waals surface area contributed by atoms with Crippen molar-refractivity contribution in [2.45, 2.75) is 5.75 Å². The molecule has 0 radical (unpaired) electrons. The molecule has 0 atom stereocenters. The van der Waals surface area contributed by atoms with Gasteiger partial charge in [-0.15, -0.1) is 0 Å². The van der Waals surface area contributed by atoms with Gasteiger partial charge in [-0.05, 0) is 41.8 Å². The normalized spacial score (nSPS) is 10.5. The minimum Gasteiger partial charge on any atom is -0.503 e. The van der Waals surface area contributed by atoms with Crippen molar-refractivity contribution in [2.75, 3.05) is 4.72 Å². The van der Waals surface area contributed by atoms with Crippen LogP contribution < -0.4 is 4.72 Å². The van der Waals surface area contributed by atoms with Crippen LogP contribution in [0.15, 0.2) is 30.5 Å². The lowest BCUT2D eigenvalue weighted by molar-refractivity contribution is 0.476. The van der Waals surface area contributed by atoms with E-state index in [2.05, 4.69) is 9.71 Å². The number of rotatable bonds is 4. The summed E-state index contributed by atoms with van der Waals surface area (Å²) in [4.78, 5) is 3.76. The maximum Gasteiger partial charge on any atom is 0.177 e. The van der Waals surface area contributed by atoms with Crippen molar-refractivity contribution in [1.29, 1.82) is 0 Å². The minimum atomic E-state index is -0.0687. The Balaban J connectivity index is 1.98. The van der Waals surface area contributed by atoms with Crippen molar-refractivity contribution in [2.24, 2.45) is 0 Å². The fourth-order valence-electron chi connectivity index (χ4n) is 1.40. The summed E-state index contributed by atoms with van der Waals surface area (Å²) in [7, 11) is 0. The zero-order valence-corrected chi connectivity index (χ0v) is 12.6. The molecule has 0 spiro atoms. The summed E-state index contributed by atoms with van der Waals surface area (Å²) < 4.78 is 3.00. The number of hydrogen-bond acceptors (Lipinski definition) is 4. The molecule has 0 unspecified atom stereocenters. The first-order valence-corrected chi connectivity index (χ1v) is 7.34. The summed E-state index contributed by atoms with van der Waals surface area (Å²) in [6.07, 6.45) is 1.52. The van der Waals surface area contributed by atoms with Gasteiger partial charge >= 0.3 is 0 Å². The third kappa shape index (κ3) is 4.08. The van der Waals surface area contributed by atoms with Crippen molar-refractivity contribution >= 4 is 52.4 Å². The van der Waals surface area contributed by atoms with E-state index in [1.54, 1.807) is 12.1 Å². The van der Waals surface area contributed by atoms with Crippen LogP contribution in [0.2, 0.25) is 15.2 Å². The predicted molar refractivity (Wildman–Crippen MR) is 82.3 cm³/mol. The molecule has 0 fully saturated rings. The third-order valence-corrected chi connectivity index (χ3v) is 3.78. The molecule has 3 nitrogen and oxygen atoms in total. The van der Waals surface area contributed by atoms with Gasteiger partial charge in [-0.3, -0.25) is 0 Å². The molecule has 7 heteroatoms. The molecule has 1 aromatic heterocycles. The van der Waals surface area contributed by atoms with E-state index in [0.717, 1.165) is 5.56 Å². The molecule has 0 aliphatic rings. The van der Waals surface area contributed by atoms with E-state index in [1.165, 1.54) is 18.1 Å². The highest BCUT2D eigenvalue weighted by Crippen LogP contribution is 2.31. The first-order valence-electron chi connectivity index (χ1n) is 5.22. The summed E-state index contributed by atoms with van der Waals surface area (Å²) in [6.45, 7) is 0. The molecular weight excluding hydrogens is 327 g/mol. The fourth-order valence-corrected chi connectivity index (χ4v) is 2.86. The number of nitrogens with one attached hydrogen (secondary N) is 1. The molecule has 1 aromatic carbocycles. The van der Waals surface area contributed by atoms with E-state index in [4.69, 9.17) is 34.8 Å². The second-order valence-corrected chi connectivity index (χ2v) is 5.68. The van der Waals surface area contributed by atoms with E-state index in [9.17, 15) is 5.11 Å². The van der Waals surface area contributed by atoms with E-state index >= 15 is 0 Å². The predicted octanol–water partition coefficient (Wildman–Crippen LogP) is 5.01. The lowest BCUT2D eigenvalue weighted by atomic mass is 10.2. The maximum absolute atomic E-state index is 9.67. The molecule has 2 rings (SSSR count). The average molecular weight is 336 g/mol. The van der Waals surface area contributed by atoms with Crippen molar-refractivity contribution in [3.63, 3.8) is 0 Å². The molecule has 0 amide bonds. The summed E-state index contributed by atoms with van der Waals surface area (Å²) in [5, 5.41) is 10.9. The molecule has 0 saturated heterocycles. The average Bonchev–Trinajstić information content (AvgIpc) is 2.33. The molecule has 19 heavy (non-hydrogen) atoms. The third-order valence-electron chi connectivity index (χ3n) is 2.22. The van der Waals surface area contributed by atoms with Gasteiger partial charge < -0.3 is 9.83 Å². The Hall–Kier alpha value is -0.810. The van der Waals surface area contributed by atoms with E-state index in [1.807, 2.05) is 12.1 Å². The fraction of sp³-hybridized carbons (Fsp3) is 0.0833. The Morgan fingerprint density at radius 2 is 1.84 bits per heavy atom. The molecule has 2 N–H and O–H groups in total. The van der Waals surface area contributed by atoms with Gasteiger partial charge in [0.1, 0.15) is 0 Å². The van der Waals surface area contributed by atoms with Crippen LogP contribution in [0, 0.1) is 0 Å². The Morgan fingerprint density at radius 1 is 1.16 bits per heavy atom. The van der Waals surface area contributed by atoms with Crippen LogP contribution in [-0.2, 0) is 5.75 Å². The molecule has 0 aliphatic carbocycles. The molecule has 0 saturated carbocycles. The first-order chi connectivity index (χ1) is 9.06. The van der Waals surface area contributed by atoms with Gasteiger partial charge in [-0.2, -0.15) is 0 Å². The van der Waals surface area contributed by atoms with Gasteiger partial charge in [0.2, 0.25) is 0 Å².